The first-order valence-corrected chi connectivity index (χ1v) is 9.54. The quantitative estimate of drug-likeness (QED) is 0.740. The van der Waals surface area contributed by atoms with E-state index in [1.54, 1.807) is 18.2 Å². The van der Waals surface area contributed by atoms with Crippen LogP contribution in [0.15, 0.2) is 41.3 Å². The van der Waals surface area contributed by atoms with Crippen molar-refractivity contribution in [1.29, 1.82) is 0 Å². The predicted molar refractivity (Wildman–Crippen MR) is 101 cm³/mol. The molecule has 0 saturated heterocycles. The number of fused-ring (bicyclic) bond motifs is 1. The first-order chi connectivity index (χ1) is 12.0. The topological polar surface area (TPSA) is 47.6 Å². The minimum Gasteiger partial charge on any atom is -0.486 e. The van der Waals surface area contributed by atoms with E-state index >= 15 is 0 Å². The summed E-state index contributed by atoms with van der Waals surface area (Å²) >= 11 is 13.4. The highest BCUT2D eigenvalue weighted by atomic mass is 35.5. The zero-order valence-electron chi connectivity index (χ0n) is 13.6. The number of amides is 1. The van der Waals surface area contributed by atoms with Crippen molar-refractivity contribution in [1.82, 2.24) is 5.32 Å². The van der Waals surface area contributed by atoms with Gasteiger partial charge in [-0.1, -0.05) is 29.3 Å². The van der Waals surface area contributed by atoms with Gasteiger partial charge in [0, 0.05) is 9.92 Å². The van der Waals surface area contributed by atoms with Gasteiger partial charge in [-0.2, -0.15) is 0 Å². The van der Waals surface area contributed by atoms with Gasteiger partial charge in [0.05, 0.1) is 16.8 Å². The molecule has 7 heteroatoms. The Morgan fingerprint density at radius 1 is 1.16 bits per heavy atom. The van der Waals surface area contributed by atoms with Crippen LogP contribution in [0.25, 0.3) is 0 Å². The number of hydrogen-bond donors (Lipinski definition) is 1. The number of nitrogens with one attached hydrogen (secondary N) is 1. The summed E-state index contributed by atoms with van der Waals surface area (Å²) in [4.78, 5) is 13.0. The van der Waals surface area contributed by atoms with Gasteiger partial charge in [-0.15, -0.1) is 11.8 Å². The SMILES string of the molecule is CC(NC(=O)CSc1cc(Cl)ccc1Cl)c1ccc2c(c1)OCCO2. The number of ether oxygens (including phenoxy) is 2. The third kappa shape index (κ3) is 4.75. The highest BCUT2D eigenvalue weighted by molar-refractivity contribution is 8.00. The lowest BCUT2D eigenvalue weighted by Crippen LogP contribution is -2.28. The highest BCUT2D eigenvalue weighted by Crippen LogP contribution is 2.33. The van der Waals surface area contributed by atoms with Crippen LogP contribution in [0.1, 0.15) is 18.5 Å². The highest BCUT2D eigenvalue weighted by Gasteiger charge is 2.16. The summed E-state index contributed by atoms with van der Waals surface area (Å²) in [6.07, 6.45) is 0. The average Bonchev–Trinajstić information content (AvgIpc) is 2.62. The van der Waals surface area contributed by atoms with Crippen LogP contribution >= 0.6 is 35.0 Å². The smallest absolute Gasteiger partial charge is 0.230 e. The van der Waals surface area contributed by atoms with Crippen LogP contribution in [0.2, 0.25) is 10.0 Å². The molecule has 1 heterocycles. The van der Waals surface area contributed by atoms with Crippen LogP contribution in [0.5, 0.6) is 11.5 Å². The Morgan fingerprint density at radius 2 is 1.92 bits per heavy atom. The number of benzene rings is 2. The second kappa shape index (κ2) is 8.21. The van der Waals surface area contributed by atoms with E-state index in [1.165, 1.54) is 11.8 Å². The third-order valence-electron chi connectivity index (χ3n) is 3.70. The summed E-state index contributed by atoms with van der Waals surface area (Å²) in [7, 11) is 0. The molecule has 132 valence electrons. The number of thioether (sulfide) groups is 1. The molecule has 4 nitrogen and oxygen atoms in total. The molecule has 0 saturated carbocycles. The molecule has 0 spiro atoms. The fourth-order valence-corrected chi connectivity index (χ4v) is 3.73. The van der Waals surface area contributed by atoms with Gasteiger partial charge in [0.15, 0.2) is 11.5 Å². The lowest BCUT2D eigenvalue weighted by molar-refractivity contribution is -0.119. The lowest BCUT2D eigenvalue weighted by atomic mass is 10.1. The summed E-state index contributed by atoms with van der Waals surface area (Å²) in [6.45, 7) is 3.02. The Morgan fingerprint density at radius 3 is 2.72 bits per heavy atom. The summed E-state index contributed by atoms with van der Waals surface area (Å²) in [5.74, 6) is 1.63. The minimum atomic E-state index is -0.140. The maximum atomic E-state index is 12.2. The van der Waals surface area contributed by atoms with Crippen molar-refractivity contribution < 1.29 is 14.3 Å². The van der Waals surface area contributed by atoms with Crippen molar-refractivity contribution in [2.24, 2.45) is 0 Å². The Labute approximate surface area is 160 Å². The molecule has 0 aromatic heterocycles. The molecule has 1 amide bonds. The summed E-state index contributed by atoms with van der Waals surface area (Å²) in [6, 6.07) is 10.8. The van der Waals surface area contributed by atoms with Crippen LogP contribution in [0.4, 0.5) is 0 Å². The Kier molecular flexibility index (Phi) is 5.99. The summed E-state index contributed by atoms with van der Waals surface area (Å²) in [5, 5.41) is 4.15. The van der Waals surface area contributed by atoms with E-state index in [9.17, 15) is 4.79 Å². The van der Waals surface area contributed by atoms with Crippen LogP contribution in [0, 0.1) is 0 Å². The second-order valence-electron chi connectivity index (χ2n) is 5.56. The van der Waals surface area contributed by atoms with E-state index in [0.29, 0.717) is 29.0 Å². The monoisotopic (exact) mass is 397 g/mol. The van der Waals surface area contributed by atoms with Crippen LogP contribution in [-0.4, -0.2) is 24.9 Å². The van der Waals surface area contributed by atoms with Gasteiger partial charge >= 0.3 is 0 Å². The number of carbonyl (C=O) groups excluding carboxylic acids is 1. The molecular formula is C18H17Cl2NO3S. The van der Waals surface area contributed by atoms with Gasteiger partial charge in [0.1, 0.15) is 13.2 Å². The maximum Gasteiger partial charge on any atom is 0.230 e. The molecule has 1 unspecified atom stereocenters. The molecule has 2 aromatic carbocycles. The Bertz CT molecular complexity index is 785. The van der Waals surface area contributed by atoms with Crippen LogP contribution in [0.3, 0.4) is 0 Å². The molecule has 0 bridgehead atoms. The molecule has 1 aliphatic rings. The normalized spacial score (nSPS) is 14.0. The van der Waals surface area contributed by atoms with Crippen molar-refractivity contribution in [3.8, 4) is 11.5 Å². The molecular weight excluding hydrogens is 381 g/mol. The number of halogens is 2. The zero-order chi connectivity index (χ0) is 17.8. The molecule has 1 N–H and O–H groups in total. The van der Waals surface area contributed by atoms with Crippen molar-refractivity contribution in [3.63, 3.8) is 0 Å². The maximum absolute atomic E-state index is 12.2. The van der Waals surface area contributed by atoms with Crippen molar-refractivity contribution in [3.05, 3.63) is 52.0 Å². The van der Waals surface area contributed by atoms with Gasteiger partial charge in [-0.05, 0) is 42.8 Å². The number of rotatable bonds is 5. The van der Waals surface area contributed by atoms with E-state index in [1.807, 2.05) is 25.1 Å². The van der Waals surface area contributed by atoms with Gasteiger partial charge < -0.3 is 14.8 Å². The van der Waals surface area contributed by atoms with Crippen LogP contribution in [-0.2, 0) is 4.79 Å². The largest absolute Gasteiger partial charge is 0.486 e. The predicted octanol–water partition coefficient (Wildman–Crippen LogP) is 4.73. The lowest BCUT2D eigenvalue weighted by Gasteiger charge is -2.21. The molecule has 0 aliphatic carbocycles. The van der Waals surface area contributed by atoms with E-state index < -0.39 is 0 Å². The third-order valence-corrected chi connectivity index (χ3v) is 5.43. The van der Waals surface area contributed by atoms with Crippen molar-refractivity contribution in [2.45, 2.75) is 17.9 Å². The molecule has 1 aliphatic heterocycles. The Balaban J connectivity index is 1.58. The molecule has 0 radical (unpaired) electrons. The second-order valence-corrected chi connectivity index (χ2v) is 7.42. The van der Waals surface area contributed by atoms with Gasteiger partial charge in [-0.25, -0.2) is 0 Å². The summed E-state index contributed by atoms with van der Waals surface area (Å²) in [5.41, 5.74) is 0.961. The molecule has 0 fully saturated rings. The van der Waals surface area contributed by atoms with Gasteiger partial charge in [-0.3, -0.25) is 4.79 Å². The first-order valence-electron chi connectivity index (χ1n) is 7.79. The Hall–Kier alpha value is -1.56. The zero-order valence-corrected chi connectivity index (χ0v) is 15.9. The fraction of sp³-hybridized carbons (Fsp3) is 0.278. The minimum absolute atomic E-state index is 0.0802. The van der Waals surface area contributed by atoms with Gasteiger partial charge in [0.2, 0.25) is 5.91 Å². The number of carbonyl (C=O) groups is 1. The van der Waals surface area contributed by atoms with Crippen LogP contribution < -0.4 is 14.8 Å². The average molecular weight is 398 g/mol. The molecule has 3 rings (SSSR count). The standard InChI is InChI=1S/C18H17Cl2NO3S/c1-11(12-2-5-15-16(8-12)24-7-6-23-15)21-18(22)10-25-17-9-13(19)3-4-14(17)20/h2-5,8-9,11H,6-7,10H2,1H3,(H,21,22). The summed E-state index contributed by atoms with van der Waals surface area (Å²) < 4.78 is 11.1. The van der Waals surface area contributed by atoms with Crippen molar-refractivity contribution >= 4 is 40.9 Å². The van der Waals surface area contributed by atoms with Crippen molar-refractivity contribution in [2.75, 3.05) is 19.0 Å². The first kappa shape index (κ1) is 18.2. The van der Waals surface area contributed by atoms with E-state index in [4.69, 9.17) is 32.7 Å². The number of hydrogen-bond acceptors (Lipinski definition) is 4. The molecule has 2 aromatic rings. The fourth-order valence-electron chi connectivity index (χ4n) is 2.43. The van der Waals surface area contributed by atoms with Gasteiger partial charge in [0.25, 0.3) is 0 Å². The van der Waals surface area contributed by atoms with E-state index in [-0.39, 0.29) is 17.7 Å². The molecule has 25 heavy (non-hydrogen) atoms. The molecule has 1 atom stereocenters. The van der Waals surface area contributed by atoms with E-state index in [0.717, 1.165) is 16.2 Å². The van der Waals surface area contributed by atoms with E-state index in [2.05, 4.69) is 5.32 Å².